The van der Waals surface area contributed by atoms with Crippen LogP contribution in [0.5, 0.6) is 0 Å². The van der Waals surface area contributed by atoms with Crippen LogP contribution in [0, 0.1) is 6.92 Å². The van der Waals surface area contributed by atoms with E-state index in [9.17, 15) is 9.59 Å². The summed E-state index contributed by atoms with van der Waals surface area (Å²) in [5.41, 5.74) is 2.42. The van der Waals surface area contributed by atoms with Gasteiger partial charge in [0.2, 0.25) is 0 Å². The molecule has 0 aliphatic carbocycles. The molecule has 182 valence electrons. The normalized spacial score (nSPS) is 20.2. The van der Waals surface area contributed by atoms with Crippen LogP contribution in [0.3, 0.4) is 0 Å². The summed E-state index contributed by atoms with van der Waals surface area (Å²) in [6, 6.07) is 18.0. The summed E-state index contributed by atoms with van der Waals surface area (Å²) >= 11 is 0. The third-order valence-corrected chi connectivity index (χ3v) is 7.25. The fourth-order valence-corrected chi connectivity index (χ4v) is 5.20. The molecule has 2 saturated heterocycles. The molecule has 0 bridgehead atoms. The molecule has 1 aromatic heterocycles. The molecule has 2 aliphatic rings. The molecular formula is C28H32N4O3. The quantitative estimate of drug-likeness (QED) is 0.537. The van der Waals surface area contributed by atoms with Gasteiger partial charge in [-0.25, -0.2) is 9.78 Å². The molecule has 0 unspecified atom stereocenters. The molecule has 1 atom stereocenters. The van der Waals surface area contributed by atoms with Crippen LogP contribution in [-0.2, 0) is 17.7 Å². The summed E-state index contributed by atoms with van der Waals surface area (Å²) in [5.74, 6) is 0.963. The van der Waals surface area contributed by atoms with Gasteiger partial charge >= 0.3 is 6.09 Å². The smallest absolute Gasteiger partial charge is 0.410 e. The van der Waals surface area contributed by atoms with Crippen LogP contribution in [-0.4, -0.2) is 63.1 Å². The van der Waals surface area contributed by atoms with Crippen LogP contribution < -0.4 is 0 Å². The van der Waals surface area contributed by atoms with Gasteiger partial charge in [0.05, 0.1) is 6.54 Å². The summed E-state index contributed by atoms with van der Waals surface area (Å²) in [7, 11) is 0. The maximum atomic E-state index is 13.6. The standard InChI is InChI=1S/C28H32N4O3/c1-22-29-15-19-31(22)20-24-10-5-6-11-25(24)26(33)30-16-7-13-28(14-18-30)21-32(27(34)35-28)17-12-23-8-3-2-4-9-23/h2-6,8-11,15,19H,7,12-14,16-18,20-21H2,1H3/t28-/m0/s1. The lowest BCUT2D eigenvalue weighted by Gasteiger charge is -2.26. The van der Waals surface area contributed by atoms with Crippen LogP contribution in [0.25, 0.3) is 0 Å². The minimum atomic E-state index is -0.504. The summed E-state index contributed by atoms with van der Waals surface area (Å²) < 4.78 is 8.00. The first-order valence-corrected chi connectivity index (χ1v) is 12.4. The van der Waals surface area contributed by atoms with Crippen molar-refractivity contribution in [1.82, 2.24) is 19.4 Å². The Balaban J connectivity index is 1.24. The molecule has 35 heavy (non-hydrogen) atoms. The number of amides is 2. The van der Waals surface area contributed by atoms with Crippen molar-refractivity contribution in [2.45, 2.75) is 44.8 Å². The number of imidazole rings is 1. The van der Waals surface area contributed by atoms with Crippen LogP contribution in [0.1, 0.15) is 46.6 Å². The third kappa shape index (κ3) is 5.09. The molecular weight excluding hydrogens is 440 g/mol. The van der Waals surface area contributed by atoms with Crippen molar-refractivity contribution >= 4 is 12.0 Å². The van der Waals surface area contributed by atoms with Gasteiger partial charge in [0.15, 0.2) is 0 Å². The van der Waals surface area contributed by atoms with Crippen molar-refractivity contribution < 1.29 is 14.3 Å². The molecule has 0 saturated carbocycles. The Morgan fingerprint density at radius 2 is 1.86 bits per heavy atom. The van der Waals surface area contributed by atoms with E-state index in [1.807, 2.05) is 70.0 Å². The van der Waals surface area contributed by atoms with Gasteiger partial charge < -0.3 is 19.1 Å². The Labute approximate surface area is 206 Å². The first-order valence-electron chi connectivity index (χ1n) is 12.4. The molecule has 2 aromatic carbocycles. The van der Waals surface area contributed by atoms with Crippen molar-refractivity contribution in [1.29, 1.82) is 0 Å². The maximum absolute atomic E-state index is 13.6. The molecule has 7 nitrogen and oxygen atoms in total. The van der Waals surface area contributed by atoms with Crippen molar-refractivity contribution in [3.8, 4) is 0 Å². The summed E-state index contributed by atoms with van der Waals surface area (Å²) in [6.45, 7) is 5.06. The van der Waals surface area contributed by atoms with Crippen molar-refractivity contribution in [3.63, 3.8) is 0 Å². The largest absolute Gasteiger partial charge is 0.441 e. The zero-order chi connectivity index (χ0) is 24.3. The molecule has 1 spiro atoms. The molecule has 2 amide bonds. The van der Waals surface area contributed by atoms with Crippen molar-refractivity contribution in [3.05, 3.63) is 89.5 Å². The van der Waals surface area contributed by atoms with E-state index in [1.54, 1.807) is 6.20 Å². The average molecular weight is 473 g/mol. The van der Waals surface area contributed by atoms with Crippen LogP contribution in [0.15, 0.2) is 67.0 Å². The fraction of sp³-hybridized carbons (Fsp3) is 0.393. The van der Waals surface area contributed by atoms with Gasteiger partial charge in [-0.15, -0.1) is 0 Å². The van der Waals surface area contributed by atoms with Crippen molar-refractivity contribution in [2.75, 3.05) is 26.2 Å². The van der Waals surface area contributed by atoms with E-state index >= 15 is 0 Å². The number of carbonyl (C=O) groups excluding carboxylic acids is 2. The number of aryl methyl sites for hydroxylation is 1. The minimum Gasteiger partial charge on any atom is -0.441 e. The van der Waals surface area contributed by atoms with Gasteiger partial charge in [-0.2, -0.15) is 0 Å². The fourth-order valence-electron chi connectivity index (χ4n) is 5.20. The lowest BCUT2D eigenvalue weighted by Crippen LogP contribution is -2.37. The number of rotatable bonds is 6. The van der Waals surface area contributed by atoms with E-state index in [0.29, 0.717) is 39.1 Å². The summed E-state index contributed by atoms with van der Waals surface area (Å²) in [6.07, 6.45) is 6.54. The van der Waals surface area contributed by atoms with Gasteiger partial charge in [-0.1, -0.05) is 48.5 Å². The monoisotopic (exact) mass is 472 g/mol. The number of carbonyl (C=O) groups is 2. The highest BCUT2D eigenvalue weighted by Crippen LogP contribution is 2.34. The average Bonchev–Trinajstić information content (AvgIpc) is 3.34. The molecule has 0 radical (unpaired) electrons. The van der Waals surface area contributed by atoms with Gasteiger partial charge in [0, 0.05) is 50.6 Å². The molecule has 3 aromatic rings. The molecule has 3 heterocycles. The van der Waals surface area contributed by atoms with E-state index in [4.69, 9.17) is 4.74 Å². The Kier molecular flexibility index (Phi) is 6.57. The third-order valence-electron chi connectivity index (χ3n) is 7.25. The highest BCUT2D eigenvalue weighted by Gasteiger charge is 2.46. The number of likely N-dealkylation sites (tertiary alicyclic amines) is 1. The first-order chi connectivity index (χ1) is 17.0. The van der Waals surface area contributed by atoms with E-state index < -0.39 is 5.60 Å². The van der Waals surface area contributed by atoms with Crippen molar-refractivity contribution in [2.24, 2.45) is 0 Å². The first kappa shape index (κ1) is 23.1. The molecule has 7 heteroatoms. The Hall–Kier alpha value is -3.61. The van der Waals surface area contributed by atoms with E-state index in [1.165, 1.54) is 5.56 Å². The van der Waals surface area contributed by atoms with Crippen LogP contribution in [0.4, 0.5) is 4.79 Å². The van der Waals surface area contributed by atoms with Crippen LogP contribution >= 0.6 is 0 Å². The Morgan fingerprint density at radius 1 is 1.06 bits per heavy atom. The second-order valence-electron chi connectivity index (χ2n) is 9.61. The maximum Gasteiger partial charge on any atom is 0.410 e. The highest BCUT2D eigenvalue weighted by molar-refractivity contribution is 5.95. The van der Waals surface area contributed by atoms with Crippen LogP contribution in [0.2, 0.25) is 0 Å². The Morgan fingerprint density at radius 3 is 2.66 bits per heavy atom. The minimum absolute atomic E-state index is 0.0423. The molecule has 2 aliphatic heterocycles. The Bertz CT molecular complexity index is 1190. The van der Waals surface area contributed by atoms with Gasteiger partial charge in [0.25, 0.3) is 5.91 Å². The lowest BCUT2D eigenvalue weighted by atomic mass is 9.95. The predicted molar refractivity (Wildman–Crippen MR) is 133 cm³/mol. The lowest BCUT2D eigenvalue weighted by molar-refractivity contribution is 0.0438. The second kappa shape index (κ2) is 9.94. The summed E-state index contributed by atoms with van der Waals surface area (Å²) in [4.78, 5) is 34.3. The number of hydrogen-bond donors (Lipinski definition) is 0. The SMILES string of the molecule is Cc1nccn1Cc1ccccc1C(=O)N1CCC[C@]2(CC1)CN(CCc1ccccc1)C(=O)O2. The topological polar surface area (TPSA) is 67.7 Å². The predicted octanol–water partition coefficient (Wildman–Crippen LogP) is 4.30. The van der Waals surface area contributed by atoms with Gasteiger partial charge in [-0.3, -0.25) is 4.79 Å². The molecule has 5 rings (SSSR count). The number of aromatic nitrogens is 2. The van der Waals surface area contributed by atoms with Gasteiger partial charge in [0.1, 0.15) is 11.4 Å². The number of benzene rings is 2. The van der Waals surface area contributed by atoms with Gasteiger partial charge in [-0.05, 0) is 43.4 Å². The zero-order valence-electron chi connectivity index (χ0n) is 20.2. The van der Waals surface area contributed by atoms with E-state index in [2.05, 4.69) is 17.1 Å². The summed E-state index contributed by atoms with van der Waals surface area (Å²) in [5, 5.41) is 0. The number of hydrogen-bond acceptors (Lipinski definition) is 4. The number of ether oxygens (including phenoxy) is 1. The van der Waals surface area contributed by atoms with E-state index in [-0.39, 0.29) is 12.0 Å². The molecule has 0 N–H and O–H groups in total. The van der Waals surface area contributed by atoms with E-state index in [0.717, 1.165) is 36.2 Å². The highest BCUT2D eigenvalue weighted by atomic mass is 16.6. The number of nitrogens with zero attached hydrogens (tertiary/aromatic N) is 4. The second-order valence-corrected chi connectivity index (χ2v) is 9.61. The zero-order valence-corrected chi connectivity index (χ0v) is 20.2. The molecule has 2 fully saturated rings.